The third-order valence-corrected chi connectivity index (χ3v) is 5.75. The van der Waals surface area contributed by atoms with E-state index in [1.165, 1.54) is 0 Å². The number of allylic oxidation sites excluding steroid dienone is 1. The van der Waals surface area contributed by atoms with Crippen LogP contribution in [0.4, 0.5) is 0 Å². The molecule has 0 aromatic rings. The van der Waals surface area contributed by atoms with Crippen molar-refractivity contribution in [2.45, 2.75) is 70.6 Å². The first-order valence-corrected chi connectivity index (χ1v) is 8.94. The molecule has 3 aliphatic rings. The van der Waals surface area contributed by atoms with E-state index in [4.69, 9.17) is 14.2 Å². The number of hydrogen-bond acceptors (Lipinski definition) is 6. The minimum Gasteiger partial charge on any atom is -0.458 e. The van der Waals surface area contributed by atoms with Crippen LogP contribution in [0.1, 0.15) is 47.0 Å². The Hall–Kier alpha value is -1.92. The molecule has 0 radical (unpaired) electrons. The van der Waals surface area contributed by atoms with Gasteiger partial charge in [0.15, 0.2) is 5.79 Å². The maximum absolute atomic E-state index is 12.4. The standard InChI is InChI=1S/C20H26O6/c1-6-11(2)17(21)25-15-10-19(5)7-8-20(23,26-19)12(3)9-14-16(15)13(4)18(22)24-14/h6,9,14-16,23H,4,7-8,10H2,1-3,5H3/b11-6+,12-9+/t14-,15+,16-,19-,20+/m0/s1. The molecule has 2 bridgehead atoms. The molecule has 3 aliphatic heterocycles. The molecule has 5 atom stereocenters. The van der Waals surface area contributed by atoms with Gasteiger partial charge >= 0.3 is 11.9 Å². The Labute approximate surface area is 153 Å². The molecule has 3 rings (SSSR count). The van der Waals surface area contributed by atoms with Crippen LogP contribution in [0.15, 0.2) is 35.5 Å². The summed E-state index contributed by atoms with van der Waals surface area (Å²) in [6.45, 7) is 10.9. The fourth-order valence-electron chi connectivity index (χ4n) is 3.94. The topological polar surface area (TPSA) is 82.1 Å². The fraction of sp³-hybridized carbons (Fsp3) is 0.600. The fourth-order valence-corrected chi connectivity index (χ4v) is 3.94. The van der Waals surface area contributed by atoms with Gasteiger partial charge in [0.05, 0.1) is 11.5 Å². The molecule has 142 valence electrons. The molecule has 26 heavy (non-hydrogen) atoms. The molecule has 6 heteroatoms. The van der Waals surface area contributed by atoms with Gasteiger partial charge in [-0.1, -0.05) is 12.7 Å². The van der Waals surface area contributed by atoms with E-state index < -0.39 is 41.5 Å². The van der Waals surface area contributed by atoms with Crippen molar-refractivity contribution in [3.8, 4) is 0 Å². The van der Waals surface area contributed by atoms with Crippen LogP contribution in [-0.2, 0) is 23.8 Å². The first-order chi connectivity index (χ1) is 12.1. The molecule has 0 spiro atoms. The number of carbonyl (C=O) groups is 2. The van der Waals surface area contributed by atoms with E-state index in [1.54, 1.807) is 32.9 Å². The van der Waals surface area contributed by atoms with Crippen molar-refractivity contribution >= 4 is 11.9 Å². The summed E-state index contributed by atoms with van der Waals surface area (Å²) in [4.78, 5) is 24.5. The van der Waals surface area contributed by atoms with Gasteiger partial charge < -0.3 is 19.3 Å². The Bertz CT molecular complexity index is 720. The summed E-state index contributed by atoms with van der Waals surface area (Å²) in [6, 6.07) is 0. The lowest BCUT2D eigenvalue weighted by atomic mass is 9.82. The predicted octanol–water partition coefficient (Wildman–Crippen LogP) is 2.57. The van der Waals surface area contributed by atoms with Gasteiger partial charge in [0.1, 0.15) is 12.2 Å². The summed E-state index contributed by atoms with van der Waals surface area (Å²) < 4.78 is 17.2. The van der Waals surface area contributed by atoms with E-state index in [0.717, 1.165) is 0 Å². The van der Waals surface area contributed by atoms with Crippen LogP contribution >= 0.6 is 0 Å². The largest absolute Gasteiger partial charge is 0.458 e. The molecule has 0 aromatic heterocycles. The zero-order valence-corrected chi connectivity index (χ0v) is 15.7. The zero-order chi connectivity index (χ0) is 19.3. The highest BCUT2D eigenvalue weighted by molar-refractivity contribution is 5.92. The maximum atomic E-state index is 12.4. The van der Waals surface area contributed by atoms with Crippen molar-refractivity contribution in [2.75, 3.05) is 0 Å². The van der Waals surface area contributed by atoms with Gasteiger partial charge in [-0.2, -0.15) is 0 Å². The van der Waals surface area contributed by atoms with Crippen LogP contribution < -0.4 is 0 Å². The molecule has 0 saturated carbocycles. The SMILES string of the molecule is C=C1C(=O)O[C@H]2/C=C(\C)[C@@]3(O)CC[C@@](C)(C[C@@H](OC(=O)/C(C)=C/C)[C@@H]12)O3. The van der Waals surface area contributed by atoms with Crippen LogP contribution in [0.2, 0.25) is 0 Å². The predicted molar refractivity (Wildman–Crippen MR) is 93.9 cm³/mol. The highest BCUT2D eigenvalue weighted by Gasteiger charge is 2.54. The molecular weight excluding hydrogens is 336 g/mol. The Kier molecular flexibility index (Phi) is 4.61. The Morgan fingerprint density at radius 2 is 2.15 bits per heavy atom. The van der Waals surface area contributed by atoms with E-state index >= 15 is 0 Å². The number of fused-ring (bicyclic) bond motifs is 3. The summed E-state index contributed by atoms with van der Waals surface area (Å²) in [5, 5.41) is 10.9. The number of rotatable bonds is 2. The summed E-state index contributed by atoms with van der Waals surface area (Å²) in [7, 11) is 0. The lowest BCUT2D eigenvalue weighted by Gasteiger charge is -2.33. The molecule has 0 aromatic carbocycles. The van der Waals surface area contributed by atoms with Crippen LogP contribution in [0, 0.1) is 5.92 Å². The van der Waals surface area contributed by atoms with E-state index in [1.807, 2.05) is 6.92 Å². The van der Waals surface area contributed by atoms with Crippen LogP contribution in [0.3, 0.4) is 0 Å². The van der Waals surface area contributed by atoms with E-state index in [9.17, 15) is 14.7 Å². The zero-order valence-electron chi connectivity index (χ0n) is 15.7. The summed E-state index contributed by atoms with van der Waals surface area (Å²) >= 11 is 0. The lowest BCUT2D eigenvalue weighted by Crippen LogP contribution is -2.40. The average Bonchev–Trinajstić information content (AvgIpc) is 3.03. The van der Waals surface area contributed by atoms with Crippen LogP contribution in [0.5, 0.6) is 0 Å². The van der Waals surface area contributed by atoms with Crippen LogP contribution in [-0.4, -0.2) is 40.6 Å². The van der Waals surface area contributed by atoms with Gasteiger partial charge in [0, 0.05) is 24.0 Å². The number of ether oxygens (including phenoxy) is 3. The van der Waals surface area contributed by atoms with Crippen molar-refractivity contribution in [3.63, 3.8) is 0 Å². The highest BCUT2D eigenvalue weighted by atomic mass is 16.6. The van der Waals surface area contributed by atoms with Crippen molar-refractivity contribution in [2.24, 2.45) is 5.92 Å². The van der Waals surface area contributed by atoms with Crippen molar-refractivity contribution in [1.29, 1.82) is 0 Å². The number of hydrogen-bond donors (Lipinski definition) is 1. The van der Waals surface area contributed by atoms with E-state index in [2.05, 4.69) is 6.58 Å². The molecule has 2 saturated heterocycles. The molecule has 0 amide bonds. The first-order valence-electron chi connectivity index (χ1n) is 8.94. The molecule has 1 N–H and O–H groups in total. The smallest absolute Gasteiger partial charge is 0.334 e. The number of esters is 2. The minimum absolute atomic E-state index is 0.281. The normalized spacial score (nSPS) is 42.1. The Morgan fingerprint density at radius 3 is 2.81 bits per heavy atom. The van der Waals surface area contributed by atoms with Gasteiger partial charge in [0.2, 0.25) is 0 Å². The second kappa shape index (κ2) is 6.35. The monoisotopic (exact) mass is 362 g/mol. The highest BCUT2D eigenvalue weighted by Crippen LogP contribution is 2.47. The molecule has 6 nitrogen and oxygen atoms in total. The Balaban J connectivity index is 2.03. The third-order valence-electron chi connectivity index (χ3n) is 5.75. The van der Waals surface area contributed by atoms with Crippen LogP contribution in [0.25, 0.3) is 0 Å². The number of aliphatic hydroxyl groups is 1. The summed E-state index contributed by atoms with van der Waals surface area (Å²) in [6.07, 6.45) is 3.48. The van der Waals surface area contributed by atoms with Gasteiger partial charge in [-0.3, -0.25) is 0 Å². The molecule has 0 aliphatic carbocycles. The maximum Gasteiger partial charge on any atom is 0.334 e. The van der Waals surface area contributed by atoms with Gasteiger partial charge in [-0.15, -0.1) is 0 Å². The average molecular weight is 362 g/mol. The van der Waals surface area contributed by atoms with E-state index in [0.29, 0.717) is 30.4 Å². The van der Waals surface area contributed by atoms with Gasteiger partial charge in [-0.25, -0.2) is 9.59 Å². The molecule has 3 heterocycles. The quantitative estimate of drug-likeness (QED) is 0.462. The van der Waals surface area contributed by atoms with Crippen molar-refractivity contribution in [1.82, 2.24) is 0 Å². The van der Waals surface area contributed by atoms with Crippen molar-refractivity contribution < 1.29 is 28.9 Å². The summed E-state index contributed by atoms with van der Waals surface area (Å²) in [5.41, 5.74) is 0.677. The van der Waals surface area contributed by atoms with Gasteiger partial charge in [-0.05, 0) is 45.8 Å². The molecule has 0 unspecified atom stereocenters. The number of carbonyl (C=O) groups excluding carboxylic acids is 2. The first kappa shape index (κ1) is 18.9. The second-order valence-corrected chi connectivity index (χ2v) is 7.73. The minimum atomic E-state index is -1.40. The Morgan fingerprint density at radius 1 is 1.46 bits per heavy atom. The van der Waals surface area contributed by atoms with Gasteiger partial charge in [0.25, 0.3) is 0 Å². The third kappa shape index (κ3) is 3.12. The summed E-state index contributed by atoms with van der Waals surface area (Å²) in [5.74, 6) is -2.85. The molecule has 2 fully saturated rings. The lowest BCUT2D eigenvalue weighted by molar-refractivity contribution is -0.202. The van der Waals surface area contributed by atoms with E-state index in [-0.39, 0.29) is 5.57 Å². The molecular formula is C20H26O6. The second-order valence-electron chi connectivity index (χ2n) is 7.73. The van der Waals surface area contributed by atoms with Crippen molar-refractivity contribution in [3.05, 3.63) is 35.5 Å².